The number of halogens is 2. The van der Waals surface area contributed by atoms with Crippen molar-refractivity contribution in [2.45, 2.75) is 21.9 Å². The summed E-state index contributed by atoms with van der Waals surface area (Å²) in [5.74, 6) is 1.17. The van der Waals surface area contributed by atoms with Crippen LogP contribution in [0.4, 0.5) is 11.4 Å². The van der Waals surface area contributed by atoms with Gasteiger partial charge in [0.05, 0.1) is 32.1 Å². The van der Waals surface area contributed by atoms with Crippen LogP contribution in [0.1, 0.15) is 12.0 Å². The van der Waals surface area contributed by atoms with E-state index in [2.05, 4.69) is 16.0 Å². The highest BCUT2D eigenvalue weighted by Crippen LogP contribution is 2.36. The van der Waals surface area contributed by atoms with Crippen LogP contribution in [0.3, 0.4) is 0 Å². The number of hydrogen-bond donors (Lipinski definition) is 2. The summed E-state index contributed by atoms with van der Waals surface area (Å²) in [6.45, 7) is 3.78. The van der Waals surface area contributed by atoms with Gasteiger partial charge in [-0.3, -0.25) is 9.44 Å². The molecule has 168 valence electrons. The summed E-state index contributed by atoms with van der Waals surface area (Å²) in [7, 11) is -8.04. The van der Waals surface area contributed by atoms with Crippen molar-refractivity contribution in [1.82, 2.24) is 0 Å². The third kappa shape index (κ3) is 4.74. The third-order valence-corrected chi connectivity index (χ3v) is 9.43. The van der Waals surface area contributed by atoms with Gasteiger partial charge < -0.3 is 4.74 Å². The molecule has 2 N–H and O–H groups in total. The van der Waals surface area contributed by atoms with Gasteiger partial charge in [-0.2, -0.15) is 0 Å². The molecule has 0 amide bonds. The molecule has 0 spiro atoms. The zero-order chi connectivity index (χ0) is 23.1. The minimum Gasteiger partial charge on any atom is -0.462 e. The van der Waals surface area contributed by atoms with Crippen molar-refractivity contribution in [3.63, 3.8) is 0 Å². The quantitative estimate of drug-likeness (QED) is 0.438. The number of allylic oxidation sites excluding steroid dienone is 1. The SMILES string of the molecule is C=C1CCc2cc(S(=O)(=O)Nc3cc(Cl)c(Cl)cc3NS(=O)(=O)c3cccs3)ccc2O1. The van der Waals surface area contributed by atoms with Crippen LogP contribution in [0.15, 0.2) is 69.3 Å². The fraction of sp³-hybridized carbons (Fsp3) is 0.100. The van der Waals surface area contributed by atoms with Gasteiger partial charge in [-0.15, -0.1) is 11.3 Å². The molecule has 0 atom stereocenters. The van der Waals surface area contributed by atoms with E-state index in [0.717, 1.165) is 16.9 Å². The zero-order valence-electron chi connectivity index (χ0n) is 16.3. The van der Waals surface area contributed by atoms with Gasteiger partial charge in [-0.1, -0.05) is 35.8 Å². The standard InChI is InChI=1S/C20H16Cl2N2O5S3/c1-12-4-5-13-9-14(6-7-19(13)29-12)31(25,26)23-17-10-15(21)16(22)11-18(17)24-32(27,28)20-3-2-8-30-20/h2-3,6-11,23-24H,1,4-5H2. The molecule has 0 saturated carbocycles. The molecule has 1 aliphatic rings. The molecule has 3 aromatic rings. The molecule has 1 aliphatic heterocycles. The topological polar surface area (TPSA) is 102 Å². The summed E-state index contributed by atoms with van der Waals surface area (Å²) in [6, 6.07) is 9.98. The fourth-order valence-corrected chi connectivity index (χ4v) is 6.54. The first-order valence-electron chi connectivity index (χ1n) is 9.12. The Kier molecular flexibility index (Phi) is 6.17. The number of hydrogen-bond acceptors (Lipinski definition) is 6. The Labute approximate surface area is 199 Å². The number of nitrogens with one attached hydrogen (secondary N) is 2. The van der Waals surface area contributed by atoms with Gasteiger partial charge in [0.1, 0.15) is 9.96 Å². The van der Waals surface area contributed by atoms with Gasteiger partial charge in [0.15, 0.2) is 0 Å². The van der Waals surface area contributed by atoms with Crippen molar-refractivity contribution in [2.24, 2.45) is 0 Å². The molecule has 0 bridgehead atoms. The first-order valence-corrected chi connectivity index (χ1v) is 13.7. The largest absolute Gasteiger partial charge is 0.462 e. The molecule has 7 nitrogen and oxygen atoms in total. The van der Waals surface area contributed by atoms with E-state index in [9.17, 15) is 16.8 Å². The second kappa shape index (κ2) is 8.60. The van der Waals surface area contributed by atoms with Crippen LogP contribution in [-0.2, 0) is 26.5 Å². The summed E-state index contributed by atoms with van der Waals surface area (Å²) in [6.07, 6.45) is 1.18. The lowest BCUT2D eigenvalue weighted by Gasteiger charge is -2.20. The molecule has 0 aliphatic carbocycles. The lowest BCUT2D eigenvalue weighted by Crippen LogP contribution is -2.18. The Bertz CT molecular complexity index is 1420. The smallest absolute Gasteiger partial charge is 0.271 e. The maximum absolute atomic E-state index is 13.1. The number of aryl methyl sites for hydroxylation is 1. The lowest BCUT2D eigenvalue weighted by atomic mass is 10.1. The van der Waals surface area contributed by atoms with E-state index in [4.69, 9.17) is 27.9 Å². The van der Waals surface area contributed by atoms with Gasteiger partial charge >= 0.3 is 0 Å². The Balaban J connectivity index is 1.69. The maximum Gasteiger partial charge on any atom is 0.271 e. The normalized spacial score (nSPS) is 13.9. The number of anilines is 2. The molecule has 12 heteroatoms. The summed E-state index contributed by atoms with van der Waals surface area (Å²) < 4.78 is 61.8. The van der Waals surface area contributed by atoms with Crippen LogP contribution in [-0.4, -0.2) is 16.8 Å². The number of ether oxygens (including phenoxy) is 1. The van der Waals surface area contributed by atoms with Crippen LogP contribution in [0, 0.1) is 0 Å². The molecule has 32 heavy (non-hydrogen) atoms. The van der Waals surface area contributed by atoms with E-state index in [1.54, 1.807) is 17.5 Å². The average Bonchev–Trinajstić information content (AvgIpc) is 3.27. The van der Waals surface area contributed by atoms with Crippen molar-refractivity contribution in [2.75, 3.05) is 9.44 Å². The average molecular weight is 531 g/mol. The highest BCUT2D eigenvalue weighted by molar-refractivity contribution is 7.94. The molecular formula is C20H16Cl2N2O5S3. The van der Waals surface area contributed by atoms with Crippen LogP contribution in [0.5, 0.6) is 5.75 Å². The molecule has 0 radical (unpaired) electrons. The number of rotatable bonds is 6. The maximum atomic E-state index is 13.1. The molecule has 2 heterocycles. The van der Waals surface area contributed by atoms with Crippen molar-refractivity contribution in [3.8, 4) is 5.75 Å². The number of benzene rings is 2. The molecule has 1 aromatic heterocycles. The van der Waals surface area contributed by atoms with E-state index in [1.165, 1.54) is 30.3 Å². The summed E-state index contributed by atoms with van der Waals surface area (Å²) in [4.78, 5) is -0.00880. The minimum atomic E-state index is -4.08. The van der Waals surface area contributed by atoms with Crippen LogP contribution < -0.4 is 14.2 Å². The lowest BCUT2D eigenvalue weighted by molar-refractivity contribution is 0.380. The Morgan fingerprint density at radius 2 is 1.56 bits per heavy atom. The Morgan fingerprint density at radius 1 is 0.906 bits per heavy atom. The van der Waals surface area contributed by atoms with E-state index in [0.29, 0.717) is 24.4 Å². The van der Waals surface area contributed by atoms with Crippen LogP contribution in [0.2, 0.25) is 10.0 Å². The van der Waals surface area contributed by atoms with Gasteiger partial charge in [-0.25, -0.2) is 16.8 Å². The summed E-state index contributed by atoms with van der Waals surface area (Å²) in [5, 5.41) is 1.73. The molecule has 2 aromatic carbocycles. The number of sulfonamides is 2. The monoisotopic (exact) mass is 530 g/mol. The predicted molar refractivity (Wildman–Crippen MR) is 127 cm³/mol. The van der Waals surface area contributed by atoms with Crippen molar-refractivity contribution >= 4 is 66.0 Å². The van der Waals surface area contributed by atoms with Gasteiger partial charge in [0.25, 0.3) is 20.0 Å². The predicted octanol–water partition coefficient (Wildman–Crippen LogP) is 5.50. The fourth-order valence-electron chi connectivity index (χ4n) is 3.03. The molecule has 4 rings (SSSR count). The van der Waals surface area contributed by atoms with E-state index < -0.39 is 20.0 Å². The molecular weight excluding hydrogens is 515 g/mol. The van der Waals surface area contributed by atoms with Crippen molar-refractivity contribution in [1.29, 1.82) is 0 Å². The first-order chi connectivity index (χ1) is 15.0. The van der Waals surface area contributed by atoms with Gasteiger partial charge in [0, 0.05) is 6.42 Å². The minimum absolute atomic E-state index is 0.00880. The van der Waals surface area contributed by atoms with Gasteiger partial charge in [0.2, 0.25) is 0 Å². The number of thiophene rings is 1. The number of fused-ring (bicyclic) bond motifs is 1. The van der Waals surface area contributed by atoms with Gasteiger partial charge in [-0.05, 0) is 53.8 Å². The summed E-state index contributed by atoms with van der Waals surface area (Å²) in [5.41, 5.74) is 0.601. The van der Waals surface area contributed by atoms with Crippen molar-refractivity contribution < 1.29 is 21.6 Å². The first kappa shape index (κ1) is 22.9. The summed E-state index contributed by atoms with van der Waals surface area (Å²) >= 11 is 13.1. The van der Waals surface area contributed by atoms with Crippen molar-refractivity contribution in [3.05, 3.63) is 75.8 Å². The van der Waals surface area contributed by atoms with Crippen LogP contribution in [0.25, 0.3) is 0 Å². The van der Waals surface area contributed by atoms with E-state index in [-0.39, 0.29) is 30.5 Å². The van der Waals surface area contributed by atoms with E-state index in [1.807, 2.05) is 0 Å². The van der Waals surface area contributed by atoms with Crippen LogP contribution >= 0.6 is 34.5 Å². The second-order valence-electron chi connectivity index (χ2n) is 6.87. The highest BCUT2D eigenvalue weighted by atomic mass is 35.5. The second-order valence-corrected chi connectivity index (χ2v) is 12.2. The zero-order valence-corrected chi connectivity index (χ0v) is 20.2. The Morgan fingerprint density at radius 3 is 2.19 bits per heavy atom. The molecule has 0 saturated heterocycles. The Hall–Kier alpha value is -2.24. The van der Waals surface area contributed by atoms with E-state index >= 15 is 0 Å². The molecule has 0 unspecified atom stereocenters. The highest BCUT2D eigenvalue weighted by Gasteiger charge is 2.23. The third-order valence-electron chi connectivity index (χ3n) is 4.58. The molecule has 0 fully saturated rings.